The van der Waals surface area contributed by atoms with Gasteiger partial charge in [0.2, 0.25) is 0 Å². The van der Waals surface area contributed by atoms with Crippen molar-refractivity contribution in [2.45, 2.75) is 0 Å². The molecular formula is C25H21P2Te. The van der Waals surface area contributed by atoms with Crippen molar-refractivity contribution in [2.24, 2.45) is 0 Å². The molecule has 3 heteroatoms. The van der Waals surface area contributed by atoms with E-state index in [-0.39, 0.29) is 0 Å². The van der Waals surface area contributed by atoms with E-state index in [1.807, 2.05) is 0 Å². The molecular weight excluding hydrogens is 490 g/mol. The molecule has 4 rings (SSSR count). The van der Waals surface area contributed by atoms with Crippen LogP contribution in [0, 0.1) is 0 Å². The second kappa shape index (κ2) is 9.26. The van der Waals surface area contributed by atoms with E-state index in [4.69, 9.17) is 0 Å². The second-order valence-electron chi connectivity index (χ2n) is 6.49. The van der Waals surface area contributed by atoms with E-state index >= 15 is 0 Å². The van der Waals surface area contributed by atoms with Gasteiger partial charge in [0, 0.05) is 0 Å². The summed E-state index contributed by atoms with van der Waals surface area (Å²) in [5, 5.41) is 5.68. The SMILES string of the molecule is [Te]P(=CP(c1ccccc1)c1ccccc1)(c1ccccc1)c1ccccc1. The number of hydrogen-bond donors (Lipinski definition) is 0. The van der Waals surface area contributed by atoms with E-state index in [0.29, 0.717) is 0 Å². The second-order valence-corrected chi connectivity index (χ2v) is 16.5. The Morgan fingerprint density at radius 2 is 0.821 bits per heavy atom. The van der Waals surface area contributed by atoms with Crippen molar-refractivity contribution in [2.75, 3.05) is 0 Å². The molecule has 0 saturated heterocycles. The minimum absolute atomic E-state index is 0.559. The monoisotopic (exact) mass is 513 g/mol. The van der Waals surface area contributed by atoms with Crippen LogP contribution in [0.25, 0.3) is 0 Å². The fourth-order valence-electron chi connectivity index (χ4n) is 3.20. The van der Waals surface area contributed by atoms with Gasteiger partial charge in [-0.3, -0.25) is 0 Å². The molecule has 0 spiro atoms. The summed E-state index contributed by atoms with van der Waals surface area (Å²) >= 11 is 2.36. The van der Waals surface area contributed by atoms with Gasteiger partial charge in [0.15, 0.2) is 0 Å². The zero-order valence-electron chi connectivity index (χ0n) is 15.4. The Morgan fingerprint density at radius 3 is 1.18 bits per heavy atom. The van der Waals surface area contributed by atoms with E-state index in [2.05, 4.69) is 149 Å². The van der Waals surface area contributed by atoms with Crippen LogP contribution >= 0.6 is 12.5 Å². The van der Waals surface area contributed by atoms with E-state index in [1.54, 1.807) is 0 Å². The molecule has 0 bridgehead atoms. The first kappa shape index (κ1) is 19.7. The Kier molecular flexibility index (Phi) is 6.52. The summed E-state index contributed by atoms with van der Waals surface area (Å²) in [5.74, 6) is 0. The van der Waals surface area contributed by atoms with Crippen LogP contribution in [0.4, 0.5) is 0 Å². The number of hydrogen-bond acceptors (Lipinski definition) is 0. The van der Waals surface area contributed by atoms with Crippen molar-refractivity contribution in [1.29, 1.82) is 0 Å². The quantitative estimate of drug-likeness (QED) is 0.271. The molecule has 0 aliphatic heterocycles. The first-order chi connectivity index (χ1) is 13.8. The summed E-state index contributed by atoms with van der Waals surface area (Å²) in [6.45, 7) is 0. The average molecular weight is 511 g/mol. The van der Waals surface area contributed by atoms with Crippen LogP contribution in [0.15, 0.2) is 121 Å². The summed E-state index contributed by atoms with van der Waals surface area (Å²) in [5.41, 5.74) is 2.68. The third-order valence-corrected chi connectivity index (χ3v) is 16.7. The van der Waals surface area contributed by atoms with E-state index < -0.39 is 12.5 Å². The fraction of sp³-hybridized carbons (Fsp3) is 0. The zero-order chi connectivity index (χ0) is 19.2. The van der Waals surface area contributed by atoms with Crippen LogP contribution in [0.2, 0.25) is 0 Å². The third kappa shape index (κ3) is 4.35. The van der Waals surface area contributed by atoms with Gasteiger partial charge in [-0.05, 0) is 0 Å². The number of benzene rings is 4. The van der Waals surface area contributed by atoms with Crippen LogP contribution in [0.1, 0.15) is 0 Å². The van der Waals surface area contributed by atoms with Crippen LogP contribution in [0.3, 0.4) is 0 Å². The summed E-state index contributed by atoms with van der Waals surface area (Å²) in [6.07, 6.45) is 0. The standard InChI is InChI=1S/C25H21P2Te/c28-27(24-17-9-3-10-18-24,25-19-11-4-12-20-25)21-26(22-13-5-1-6-14-22)23-15-7-2-8-16-23/h1-21H. The first-order valence-electron chi connectivity index (χ1n) is 9.24. The molecule has 1 radical (unpaired) electrons. The molecule has 0 amide bonds. The minimum atomic E-state index is -1.65. The Labute approximate surface area is 181 Å². The van der Waals surface area contributed by atoms with Crippen molar-refractivity contribution >= 4 is 61.0 Å². The molecule has 0 heterocycles. The summed E-state index contributed by atoms with van der Waals surface area (Å²) in [6, 6.07) is 44.0. The Balaban J connectivity index is 1.97. The van der Waals surface area contributed by atoms with Gasteiger partial charge in [-0.25, -0.2) is 0 Å². The molecule has 0 saturated carbocycles. The summed E-state index contributed by atoms with van der Waals surface area (Å²) in [4.78, 5) is 0. The molecule has 0 aliphatic rings. The molecule has 0 unspecified atom stereocenters. The Hall–Kier alpha value is -1.60. The molecule has 0 aliphatic carbocycles. The molecule has 0 nitrogen and oxygen atoms in total. The maximum atomic E-state index is 2.68. The van der Waals surface area contributed by atoms with Gasteiger partial charge >= 0.3 is 182 Å². The van der Waals surface area contributed by atoms with Gasteiger partial charge in [-0.1, -0.05) is 0 Å². The third-order valence-electron chi connectivity index (χ3n) is 4.63. The van der Waals surface area contributed by atoms with E-state index in [0.717, 1.165) is 0 Å². The van der Waals surface area contributed by atoms with E-state index in [1.165, 1.54) is 21.2 Å². The molecule has 0 atom stereocenters. The molecule has 4 aromatic rings. The fourth-order valence-corrected chi connectivity index (χ4v) is 14.0. The predicted octanol–water partition coefficient (Wildman–Crippen LogP) is 4.63. The Morgan fingerprint density at radius 1 is 0.500 bits per heavy atom. The van der Waals surface area contributed by atoms with Crippen molar-refractivity contribution in [3.8, 4) is 0 Å². The van der Waals surface area contributed by atoms with Gasteiger partial charge in [0.1, 0.15) is 0 Å². The predicted molar refractivity (Wildman–Crippen MR) is 130 cm³/mol. The number of rotatable bonds is 5. The van der Waals surface area contributed by atoms with Crippen molar-refractivity contribution in [1.82, 2.24) is 0 Å². The van der Waals surface area contributed by atoms with Gasteiger partial charge in [-0.2, -0.15) is 0 Å². The van der Waals surface area contributed by atoms with Gasteiger partial charge < -0.3 is 0 Å². The Bertz CT molecular complexity index is 980. The zero-order valence-corrected chi connectivity index (χ0v) is 19.5. The molecule has 28 heavy (non-hydrogen) atoms. The first-order valence-corrected chi connectivity index (χ1v) is 15.5. The molecule has 0 N–H and O–H groups in total. The summed E-state index contributed by atoms with van der Waals surface area (Å²) < 4.78 is -1.65. The van der Waals surface area contributed by atoms with Crippen molar-refractivity contribution < 1.29 is 0 Å². The van der Waals surface area contributed by atoms with Crippen LogP contribution in [-0.4, -0.2) is 27.3 Å². The average Bonchev–Trinajstić information content (AvgIpc) is 2.80. The van der Waals surface area contributed by atoms with E-state index in [9.17, 15) is 0 Å². The normalized spacial score (nSPS) is 11.4. The summed E-state index contributed by atoms with van der Waals surface area (Å²) in [7, 11) is -0.559. The van der Waals surface area contributed by atoms with Gasteiger partial charge in [0.05, 0.1) is 0 Å². The van der Waals surface area contributed by atoms with Crippen molar-refractivity contribution in [3.05, 3.63) is 121 Å². The molecule has 137 valence electrons. The topological polar surface area (TPSA) is 0 Å². The molecule has 0 aromatic heterocycles. The molecule has 0 fully saturated rings. The van der Waals surface area contributed by atoms with Gasteiger partial charge in [-0.15, -0.1) is 0 Å². The molecule has 4 aromatic carbocycles. The van der Waals surface area contributed by atoms with Gasteiger partial charge in [0.25, 0.3) is 0 Å². The van der Waals surface area contributed by atoms with Crippen LogP contribution in [-0.2, 0) is 0 Å². The maximum absolute atomic E-state index is 2.68. The van der Waals surface area contributed by atoms with Crippen molar-refractivity contribution in [3.63, 3.8) is 0 Å². The van der Waals surface area contributed by atoms with Crippen LogP contribution < -0.4 is 21.2 Å². The van der Waals surface area contributed by atoms with Crippen LogP contribution in [0.5, 0.6) is 0 Å².